The molecule has 0 unspecified atom stereocenters. The molecule has 0 saturated carbocycles. The molecule has 0 aliphatic carbocycles. The summed E-state index contributed by atoms with van der Waals surface area (Å²) in [5, 5.41) is 8.46. The third-order valence-corrected chi connectivity index (χ3v) is 4.82. The van der Waals surface area contributed by atoms with E-state index < -0.39 is 0 Å². The van der Waals surface area contributed by atoms with Crippen LogP contribution in [0, 0.1) is 0 Å². The SMILES string of the molecule is COCCCc1nccc2cnc(Nc3ccc(-c4cnn(C)c4)cc3OC)nc12. The van der Waals surface area contributed by atoms with E-state index in [0.717, 1.165) is 46.3 Å². The molecule has 8 heteroatoms. The normalized spacial score (nSPS) is 11.0. The second-order valence-electron chi connectivity index (χ2n) is 6.93. The van der Waals surface area contributed by atoms with Crippen LogP contribution in [0.5, 0.6) is 5.75 Å². The van der Waals surface area contributed by atoms with Crippen LogP contribution >= 0.6 is 0 Å². The lowest BCUT2D eigenvalue weighted by Gasteiger charge is -2.12. The first-order valence-corrected chi connectivity index (χ1v) is 9.71. The number of ether oxygens (including phenoxy) is 2. The highest BCUT2D eigenvalue weighted by Gasteiger charge is 2.11. The molecule has 4 rings (SSSR count). The quantitative estimate of drug-likeness (QED) is 0.448. The molecular weight excluding hydrogens is 380 g/mol. The summed E-state index contributed by atoms with van der Waals surface area (Å²) >= 11 is 0. The van der Waals surface area contributed by atoms with Gasteiger partial charge in [0.2, 0.25) is 5.95 Å². The molecule has 0 aliphatic heterocycles. The van der Waals surface area contributed by atoms with E-state index in [1.807, 2.05) is 49.9 Å². The fourth-order valence-corrected chi connectivity index (χ4v) is 3.30. The van der Waals surface area contributed by atoms with Crippen molar-refractivity contribution in [3.05, 3.63) is 54.7 Å². The van der Waals surface area contributed by atoms with E-state index in [0.29, 0.717) is 18.3 Å². The van der Waals surface area contributed by atoms with Gasteiger partial charge in [-0.3, -0.25) is 9.67 Å². The molecule has 3 heterocycles. The van der Waals surface area contributed by atoms with Crippen molar-refractivity contribution >= 4 is 22.5 Å². The van der Waals surface area contributed by atoms with Crippen LogP contribution in [0.3, 0.4) is 0 Å². The molecule has 0 aliphatic rings. The van der Waals surface area contributed by atoms with Crippen LogP contribution < -0.4 is 10.1 Å². The number of rotatable bonds is 8. The predicted octanol–water partition coefficient (Wildman–Crippen LogP) is 3.76. The lowest BCUT2D eigenvalue weighted by molar-refractivity contribution is 0.195. The zero-order valence-corrected chi connectivity index (χ0v) is 17.3. The lowest BCUT2D eigenvalue weighted by atomic mass is 10.1. The molecule has 0 bridgehead atoms. The van der Waals surface area contributed by atoms with Crippen molar-refractivity contribution in [2.24, 2.45) is 7.05 Å². The fourth-order valence-electron chi connectivity index (χ4n) is 3.30. The number of benzene rings is 1. The first-order valence-electron chi connectivity index (χ1n) is 9.71. The van der Waals surface area contributed by atoms with E-state index in [1.165, 1.54) is 0 Å². The largest absolute Gasteiger partial charge is 0.495 e. The van der Waals surface area contributed by atoms with Crippen molar-refractivity contribution in [3.8, 4) is 16.9 Å². The van der Waals surface area contributed by atoms with E-state index in [9.17, 15) is 0 Å². The van der Waals surface area contributed by atoms with Gasteiger partial charge in [0.25, 0.3) is 0 Å². The number of aryl methyl sites for hydroxylation is 2. The van der Waals surface area contributed by atoms with Crippen molar-refractivity contribution in [1.29, 1.82) is 0 Å². The van der Waals surface area contributed by atoms with Crippen LogP contribution in [0.1, 0.15) is 12.1 Å². The van der Waals surface area contributed by atoms with E-state index in [1.54, 1.807) is 25.1 Å². The summed E-state index contributed by atoms with van der Waals surface area (Å²) in [7, 11) is 5.24. The summed E-state index contributed by atoms with van der Waals surface area (Å²) < 4.78 is 12.5. The number of nitrogens with zero attached hydrogens (tertiary/aromatic N) is 5. The third kappa shape index (κ3) is 4.23. The van der Waals surface area contributed by atoms with E-state index >= 15 is 0 Å². The van der Waals surface area contributed by atoms with Gasteiger partial charge in [-0.15, -0.1) is 0 Å². The summed E-state index contributed by atoms with van der Waals surface area (Å²) in [6, 6.07) is 7.86. The Labute approximate surface area is 174 Å². The van der Waals surface area contributed by atoms with Gasteiger partial charge >= 0.3 is 0 Å². The van der Waals surface area contributed by atoms with Gasteiger partial charge < -0.3 is 14.8 Å². The van der Waals surface area contributed by atoms with Crippen LogP contribution in [0.2, 0.25) is 0 Å². The van der Waals surface area contributed by atoms with Gasteiger partial charge in [0.1, 0.15) is 5.75 Å². The maximum absolute atomic E-state index is 5.59. The Hall–Kier alpha value is -3.52. The Bertz CT molecular complexity index is 1160. The van der Waals surface area contributed by atoms with Gasteiger partial charge in [0.05, 0.1) is 30.2 Å². The summed E-state index contributed by atoms with van der Waals surface area (Å²) in [5.41, 5.74) is 4.62. The first-order chi connectivity index (χ1) is 14.7. The molecule has 154 valence electrons. The summed E-state index contributed by atoms with van der Waals surface area (Å²) in [6.07, 6.45) is 9.08. The van der Waals surface area contributed by atoms with E-state index in [2.05, 4.69) is 20.4 Å². The smallest absolute Gasteiger partial charge is 0.227 e. The minimum absolute atomic E-state index is 0.496. The van der Waals surface area contributed by atoms with Crippen LogP contribution in [0.15, 0.2) is 49.1 Å². The van der Waals surface area contributed by atoms with E-state index in [-0.39, 0.29) is 0 Å². The number of fused-ring (bicyclic) bond motifs is 1. The minimum Gasteiger partial charge on any atom is -0.495 e. The Morgan fingerprint density at radius 2 is 1.97 bits per heavy atom. The van der Waals surface area contributed by atoms with Gasteiger partial charge in [-0.25, -0.2) is 9.97 Å². The molecule has 0 fully saturated rings. The Kier molecular flexibility index (Phi) is 5.85. The molecule has 4 aromatic rings. The van der Waals surface area contributed by atoms with Crippen LogP contribution in [-0.4, -0.2) is 45.6 Å². The van der Waals surface area contributed by atoms with Crippen molar-refractivity contribution in [1.82, 2.24) is 24.7 Å². The molecule has 8 nitrogen and oxygen atoms in total. The second-order valence-corrected chi connectivity index (χ2v) is 6.93. The summed E-state index contributed by atoms with van der Waals surface area (Å²) in [4.78, 5) is 13.7. The molecule has 3 aromatic heterocycles. The highest BCUT2D eigenvalue weighted by atomic mass is 16.5. The van der Waals surface area contributed by atoms with Gasteiger partial charge in [-0.05, 0) is 36.6 Å². The number of aromatic nitrogens is 5. The van der Waals surface area contributed by atoms with Crippen LogP contribution in [0.4, 0.5) is 11.6 Å². The maximum Gasteiger partial charge on any atom is 0.227 e. The molecule has 0 spiro atoms. The van der Waals surface area contributed by atoms with Crippen molar-refractivity contribution in [2.45, 2.75) is 12.8 Å². The third-order valence-electron chi connectivity index (χ3n) is 4.82. The first kappa shape index (κ1) is 19.8. The summed E-state index contributed by atoms with van der Waals surface area (Å²) in [6.45, 7) is 0.689. The monoisotopic (exact) mass is 404 g/mol. The average Bonchev–Trinajstić information content (AvgIpc) is 3.21. The van der Waals surface area contributed by atoms with Crippen molar-refractivity contribution in [2.75, 3.05) is 26.1 Å². The Balaban J connectivity index is 1.62. The number of hydrogen-bond acceptors (Lipinski definition) is 7. The number of methoxy groups -OCH3 is 2. The van der Waals surface area contributed by atoms with Gasteiger partial charge in [-0.2, -0.15) is 5.10 Å². The Morgan fingerprint density at radius 3 is 2.73 bits per heavy atom. The molecule has 1 aromatic carbocycles. The number of nitrogens with one attached hydrogen (secondary N) is 1. The molecule has 0 radical (unpaired) electrons. The number of anilines is 2. The van der Waals surface area contributed by atoms with Crippen molar-refractivity contribution < 1.29 is 9.47 Å². The van der Waals surface area contributed by atoms with Crippen molar-refractivity contribution in [3.63, 3.8) is 0 Å². The highest BCUT2D eigenvalue weighted by Crippen LogP contribution is 2.32. The molecule has 0 amide bonds. The lowest BCUT2D eigenvalue weighted by Crippen LogP contribution is -2.02. The van der Waals surface area contributed by atoms with Crippen LogP contribution in [0.25, 0.3) is 22.0 Å². The zero-order chi connectivity index (χ0) is 20.9. The number of hydrogen-bond donors (Lipinski definition) is 1. The fraction of sp³-hybridized carbons (Fsp3) is 0.273. The van der Waals surface area contributed by atoms with Gasteiger partial charge in [-0.1, -0.05) is 6.07 Å². The average molecular weight is 404 g/mol. The minimum atomic E-state index is 0.496. The number of pyridine rings is 1. The highest BCUT2D eigenvalue weighted by molar-refractivity contribution is 5.81. The standard InChI is InChI=1S/C22H24N6O2/c1-28-14-17(13-25-28)15-6-7-18(20(11-15)30-3)26-22-24-12-16-8-9-23-19(21(16)27-22)5-4-10-29-2/h6-9,11-14H,4-5,10H2,1-3H3,(H,24,26,27). The molecule has 1 N–H and O–H groups in total. The second kappa shape index (κ2) is 8.87. The molecular formula is C22H24N6O2. The molecule has 0 atom stereocenters. The molecule has 0 saturated heterocycles. The predicted molar refractivity (Wildman–Crippen MR) is 116 cm³/mol. The topological polar surface area (TPSA) is 87.0 Å². The maximum atomic E-state index is 5.59. The van der Waals surface area contributed by atoms with Gasteiger partial charge in [0, 0.05) is 50.3 Å². The van der Waals surface area contributed by atoms with Gasteiger partial charge in [0.15, 0.2) is 0 Å². The van der Waals surface area contributed by atoms with Crippen LogP contribution in [-0.2, 0) is 18.2 Å². The van der Waals surface area contributed by atoms with E-state index in [4.69, 9.17) is 14.5 Å². The zero-order valence-electron chi connectivity index (χ0n) is 17.3. The Morgan fingerprint density at radius 1 is 1.07 bits per heavy atom. The summed E-state index contributed by atoms with van der Waals surface area (Å²) in [5.74, 6) is 1.20. The molecule has 30 heavy (non-hydrogen) atoms.